The van der Waals surface area contributed by atoms with Crippen molar-refractivity contribution in [1.82, 2.24) is 23.5 Å². The molecule has 1 aliphatic heterocycles. The van der Waals surface area contributed by atoms with Gasteiger partial charge in [-0.05, 0) is 48.6 Å². The van der Waals surface area contributed by atoms with Crippen molar-refractivity contribution in [2.75, 3.05) is 14.2 Å². The number of aromatic nitrogens is 5. The summed E-state index contributed by atoms with van der Waals surface area (Å²) in [5.41, 5.74) is 1.01. The topological polar surface area (TPSA) is 166 Å². The molecule has 294 valence electrons. The molecule has 0 spiro atoms. The van der Waals surface area contributed by atoms with Gasteiger partial charge in [-0.25, -0.2) is 28.5 Å². The van der Waals surface area contributed by atoms with Gasteiger partial charge in [0, 0.05) is 55.6 Å². The largest absolute Gasteiger partial charge is 0.508 e. The minimum atomic E-state index is -1.30. The number of fused-ring (bicyclic) bond motifs is 5. The molecule has 14 heteroatoms. The molecule has 0 unspecified atom stereocenters. The molecule has 8 rings (SSSR count). The number of aromatic hydroxyl groups is 1. The van der Waals surface area contributed by atoms with E-state index in [1.54, 1.807) is 52.1 Å². The number of methoxy groups -OCH3 is 2. The molecule has 2 aliphatic carbocycles. The second-order valence-electron chi connectivity index (χ2n) is 15.2. The zero-order valence-electron chi connectivity index (χ0n) is 32.6. The number of Topliss-reactive ketones (excluding diaryl/α,β-unsaturated/α-hetero) is 2. The Morgan fingerprint density at radius 3 is 2.33 bits per heavy atom. The van der Waals surface area contributed by atoms with Crippen LogP contribution < -0.4 is 31.1 Å². The second kappa shape index (κ2) is 13.9. The minimum absolute atomic E-state index is 0.0107. The number of carbonyl (C=O) groups is 2. The Morgan fingerprint density at radius 2 is 1.63 bits per heavy atom. The van der Waals surface area contributed by atoms with Crippen LogP contribution >= 0.6 is 0 Å². The van der Waals surface area contributed by atoms with Crippen molar-refractivity contribution >= 4 is 22.6 Å². The van der Waals surface area contributed by atoms with E-state index in [0.29, 0.717) is 50.6 Å². The maximum Gasteiger partial charge on any atom is 0.347 e. The van der Waals surface area contributed by atoms with Gasteiger partial charge in [-0.2, -0.15) is 0 Å². The SMILES string of the molecule is COc1cc2nc(CCn3c(=O)n4n(c3=O)[C@@H]3C[C@H]5C(=O)C(C)=C(C)C(=O)[C@@]5(C)[C@@H](c5ccc(OCc6ccccc6)cc5O)C3=CC4)c(=O)n(C)c2cc1OC. The van der Waals surface area contributed by atoms with Gasteiger partial charge in [0.05, 0.1) is 43.3 Å². The summed E-state index contributed by atoms with van der Waals surface area (Å²) in [5, 5.41) is 11.7. The second-order valence-corrected chi connectivity index (χ2v) is 15.2. The van der Waals surface area contributed by atoms with E-state index in [-0.39, 0.29) is 61.1 Å². The molecule has 5 aromatic rings. The molecule has 3 heterocycles. The number of nitrogens with zero attached hydrogens (tertiary/aromatic N) is 5. The summed E-state index contributed by atoms with van der Waals surface area (Å²) in [7, 11) is 4.61. The van der Waals surface area contributed by atoms with Crippen molar-refractivity contribution in [3.8, 4) is 23.0 Å². The standard InChI is InChI=1S/C43H43N5O9/c1-23-24(2)39(51)43(3)29(38(23)50)19-32-27(37(43)28-13-12-26(18-34(28)49)57-22-25-10-8-7-9-11-25)14-17-47-41(53)46(42(54)48(32)47)16-15-30-40(52)45(4)33-21-36(56-6)35(55-5)20-31(33)44-30/h7-14,18,20-21,29,32,37,49H,15-17,19,22H2,1-6H3/t29-,32+,37+,43+/m0/s1. The molecule has 0 radical (unpaired) electrons. The highest BCUT2D eigenvalue weighted by Gasteiger charge is 2.61. The van der Waals surface area contributed by atoms with E-state index in [2.05, 4.69) is 4.98 Å². The summed E-state index contributed by atoms with van der Waals surface area (Å²) in [4.78, 5) is 75.0. The van der Waals surface area contributed by atoms with Gasteiger partial charge in [-0.3, -0.25) is 14.4 Å². The molecular weight excluding hydrogens is 730 g/mol. The molecule has 0 bridgehead atoms. The summed E-state index contributed by atoms with van der Waals surface area (Å²) >= 11 is 0. The number of rotatable bonds is 9. The lowest BCUT2D eigenvalue weighted by Gasteiger charge is -2.53. The molecule has 1 N–H and O–H groups in total. The lowest BCUT2D eigenvalue weighted by Crippen LogP contribution is -2.55. The highest BCUT2D eigenvalue weighted by atomic mass is 16.5. The number of allylic oxidation sites excluding steroid dienone is 4. The van der Waals surface area contributed by atoms with Crippen LogP contribution in [0.1, 0.15) is 56.0 Å². The van der Waals surface area contributed by atoms with Gasteiger partial charge >= 0.3 is 11.4 Å². The first-order valence-electron chi connectivity index (χ1n) is 18.8. The van der Waals surface area contributed by atoms with E-state index >= 15 is 0 Å². The van der Waals surface area contributed by atoms with Crippen molar-refractivity contribution in [3.05, 3.63) is 132 Å². The molecule has 4 atom stereocenters. The van der Waals surface area contributed by atoms with Crippen LogP contribution in [0.25, 0.3) is 11.0 Å². The lowest BCUT2D eigenvalue weighted by atomic mass is 9.50. The summed E-state index contributed by atoms with van der Waals surface area (Å²) in [5.74, 6) is -0.915. The third-order valence-corrected chi connectivity index (χ3v) is 12.3. The fourth-order valence-electron chi connectivity index (χ4n) is 9.11. The first kappa shape index (κ1) is 37.5. The molecule has 14 nitrogen and oxygen atoms in total. The fraction of sp³-hybridized carbons (Fsp3) is 0.349. The van der Waals surface area contributed by atoms with Gasteiger partial charge in [-0.15, -0.1) is 0 Å². The van der Waals surface area contributed by atoms with E-state index in [0.717, 1.165) is 10.1 Å². The molecule has 1 saturated carbocycles. The first-order chi connectivity index (χ1) is 27.3. The predicted molar refractivity (Wildman–Crippen MR) is 210 cm³/mol. The molecule has 0 saturated heterocycles. The number of carbonyl (C=O) groups excluding carboxylic acids is 2. The van der Waals surface area contributed by atoms with E-state index < -0.39 is 34.7 Å². The molecular formula is C43H43N5O9. The average molecular weight is 774 g/mol. The summed E-state index contributed by atoms with van der Waals surface area (Å²) in [6, 6.07) is 17.1. The van der Waals surface area contributed by atoms with E-state index in [4.69, 9.17) is 14.2 Å². The molecule has 2 aromatic heterocycles. The lowest BCUT2D eigenvalue weighted by molar-refractivity contribution is -0.140. The minimum Gasteiger partial charge on any atom is -0.508 e. The van der Waals surface area contributed by atoms with Gasteiger partial charge in [0.25, 0.3) is 5.56 Å². The number of aryl methyl sites for hydroxylation is 2. The highest BCUT2D eigenvalue weighted by Crippen LogP contribution is 2.61. The maximum absolute atomic E-state index is 14.4. The molecule has 3 aliphatic rings. The smallest absolute Gasteiger partial charge is 0.347 e. The molecule has 0 amide bonds. The van der Waals surface area contributed by atoms with E-state index in [1.807, 2.05) is 36.4 Å². The number of hydrogen-bond acceptors (Lipinski definition) is 10. The van der Waals surface area contributed by atoms with Gasteiger partial charge < -0.3 is 23.9 Å². The van der Waals surface area contributed by atoms with Crippen molar-refractivity contribution in [3.63, 3.8) is 0 Å². The van der Waals surface area contributed by atoms with E-state index in [9.17, 15) is 29.1 Å². The van der Waals surface area contributed by atoms with Crippen LogP contribution in [0.2, 0.25) is 0 Å². The molecule has 57 heavy (non-hydrogen) atoms. The maximum atomic E-state index is 14.4. The number of benzene rings is 3. The van der Waals surface area contributed by atoms with Crippen LogP contribution in [0.3, 0.4) is 0 Å². The van der Waals surface area contributed by atoms with Gasteiger partial charge in [0.1, 0.15) is 23.8 Å². The van der Waals surface area contributed by atoms with Gasteiger partial charge in [0.15, 0.2) is 23.1 Å². The number of ketones is 2. The van der Waals surface area contributed by atoms with E-state index in [1.165, 1.54) is 34.2 Å². The Hall–Kier alpha value is -6.44. The number of phenols is 1. The summed E-state index contributed by atoms with van der Waals surface area (Å²) in [6.45, 7) is 5.22. The van der Waals surface area contributed by atoms with Crippen LogP contribution in [-0.4, -0.2) is 54.4 Å². The molecule has 3 aromatic carbocycles. The van der Waals surface area contributed by atoms with Gasteiger partial charge in [-0.1, -0.05) is 49.4 Å². The molecule has 1 fully saturated rings. The predicted octanol–water partition coefficient (Wildman–Crippen LogP) is 4.38. The van der Waals surface area contributed by atoms with Crippen molar-refractivity contribution in [2.24, 2.45) is 18.4 Å². The summed E-state index contributed by atoms with van der Waals surface area (Å²) in [6.07, 6.45) is 1.91. The average Bonchev–Trinajstić information content (AvgIpc) is 3.46. The van der Waals surface area contributed by atoms with Crippen LogP contribution in [0.15, 0.2) is 97.8 Å². The van der Waals surface area contributed by atoms with Crippen molar-refractivity contribution in [2.45, 2.75) is 65.3 Å². The number of phenolic OH excluding ortho intramolecular Hbond substituents is 1. The number of hydrogen-bond donors (Lipinski definition) is 1. The highest BCUT2D eigenvalue weighted by molar-refractivity contribution is 6.15. The third-order valence-electron chi connectivity index (χ3n) is 12.3. The van der Waals surface area contributed by atoms with Crippen LogP contribution in [0.4, 0.5) is 0 Å². The third kappa shape index (κ3) is 5.76. The fourth-order valence-corrected chi connectivity index (χ4v) is 9.11. The number of ether oxygens (including phenoxy) is 3. The Bertz CT molecular complexity index is 2750. The monoisotopic (exact) mass is 773 g/mol. The first-order valence-corrected chi connectivity index (χ1v) is 18.8. The quantitative estimate of drug-likeness (QED) is 0.213. The Labute approximate surface area is 326 Å². The zero-order valence-corrected chi connectivity index (χ0v) is 32.6. The van der Waals surface area contributed by atoms with Crippen LogP contribution in [0, 0.1) is 11.3 Å². The van der Waals surface area contributed by atoms with Crippen molar-refractivity contribution < 1.29 is 28.9 Å². The Morgan fingerprint density at radius 1 is 0.912 bits per heavy atom. The van der Waals surface area contributed by atoms with Crippen molar-refractivity contribution in [1.29, 1.82) is 0 Å². The Balaban J connectivity index is 1.17. The van der Waals surface area contributed by atoms with Gasteiger partial charge in [0.2, 0.25) is 0 Å². The normalized spacial score (nSPS) is 21.5. The van der Waals surface area contributed by atoms with Crippen LogP contribution in [-0.2, 0) is 42.8 Å². The zero-order chi connectivity index (χ0) is 40.5. The summed E-state index contributed by atoms with van der Waals surface area (Å²) < 4.78 is 22.0. The Kier molecular flexibility index (Phi) is 9.17. The van der Waals surface area contributed by atoms with Crippen LogP contribution in [0.5, 0.6) is 23.0 Å².